The van der Waals surface area contributed by atoms with Gasteiger partial charge in [-0.25, -0.2) is 0 Å². The van der Waals surface area contributed by atoms with Crippen LogP contribution in [0, 0.1) is 0 Å². The van der Waals surface area contributed by atoms with E-state index in [1.807, 2.05) is 6.07 Å². The minimum Gasteiger partial charge on any atom is -0.377 e. The van der Waals surface area contributed by atoms with Crippen LogP contribution in [0.2, 0.25) is 0 Å². The van der Waals surface area contributed by atoms with E-state index in [9.17, 15) is 9.59 Å². The summed E-state index contributed by atoms with van der Waals surface area (Å²) in [6.07, 6.45) is 7.98. The van der Waals surface area contributed by atoms with Gasteiger partial charge in [0.2, 0.25) is 13.5 Å². The van der Waals surface area contributed by atoms with Gasteiger partial charge in [-0.15, -0.1) is 0 Å². The van der Waals surface area contributed by atoms with E-state index in [-0.39, 0.29) is 30.8 Å². The highest BCUT2D eigenvalue weighted by Crippen LogP contribution is 2.34. The van der Waals surface area contributed by atoms with Crippen LogP contribution < -0.4 is 5.32 Å². The molecule has 2 aromatic carbocycles. The first kappa shape index (κ1) is 33.1. The van der Waals surface area contributed by atoms with Crippen LogP contribution >= 0.6 is 7.57 Å². The Morgan fingerprint density at radius 2 is 1.34 bits per heavy atom. The molecule has 2 aromatic rings. The molecule has 0 spiro atoms. The van der Waals surface area contributed by atoms with Crippen LogP contribution in [0.5, 0.6) is 0 Å². The number of hydrogen-bond acceptors (Lipinski definition) is 8. The molecule has 0 heterocycles. The van der Waals surface area contributed by atoms with Gasteiger partial charge >= 0.3 is 0 Å². The normalized spacial score (nSPS) is 14.9. The number of benzene rings is 2. The lowest BCUT2D eigenvalue weighted by molar-refractivity contribution is -0.122. The largest absolute Gasteiger partial charge is 0.377 e. The van der Waals surface area contributed by atoms with Crippen molar-refractivity contribution in [2.24, 2.45) is 0 Å². The Morgan fingerprint density at radius 1 is 0.780 bits per heavy atom. The third kappa shape index (κ3) is 13.0. The van der Waals surface area contributed by atoms with Crippen molar-refractivity contribution in [1.29, 1.82) is 0 Å². The fourth-order valence-electron chi connectivity index (χ4n) is 4.88. The van der Waals surface area contributed by atoms with E-state index < -0.39 is 7.57 Å². The number of ketones is 1. The number of Topliss-reactive ketones (excluding diaryl/α,β-unsaturated/α-hetero) is 1. The lowest BCUT2D eigenvalue weighted by Crippen LogP contribution is -2.27. The van der Waals surface area contributed by atoms with Gasteiger partial charge in [0, 0.05) is 25.3 Å². The highest BCUT2D eigenvalue weighted by Gasteiger charge is 2.25. The zero-order chi connectivity index (χ0) is 29.3. The Bertz CT molecular complexity index is 1130. The van der Waals surface area contributed by atoms with Gasteiger partial charge in [0.1, 0.15) is 5.78 Å². The monoisotopic (exact) mass is 589 g/mol. The van der Waals surface area contributed by atoms with Crippen molar-refractivity contribution in [2.45, 2.75) is 50.9 Å². The third-order valence-corrected chi connectivity index (χ3v) is 7.54. The Balaban J connectivity index is 1.23. The molecule has 0 saturated heterocycles. The smallest absolute Gasteiger partial charge is 0.245 e. The molecule has 0 fully saturated rings. The number of nitrogens with one attached hydrogen (secondary N) is 1. The summed E-state index contributed by atoms with van der Waals surface area (Å²) in [7, 11) is -3.45. The van der Waals surface area contributed by atoms with Crippen molar-refractivity contribution in [2.75, 3.05) is 52.8 Å². The lowest BCUT2D eigenvalue weighted by atomic mass is 9.79. The third-order valence-electron chi connectivity index (χ3n) is 6.94. The summed E-state index contributed by atoms with van der Waals surface area (Å²) in [6.45, 7) is 2.63. The van der Waals surface area contributed by atoms with Gasteiger partial charge in [-0.2, -0.15) is 0 Å². The summed E-state index contributed by atoms with van der Waals surface area (Å²) >= 11 is 0. The second-order valence-electron chi connectivity index (χ2n) is 10.1. The number of ether oxygens (including phenoxy) is 3. The number of rotatable bonds is 19. The van der Waals surface area contributed by atoms with Gasteiger partial charge in [0.15, 0.2) is 0 Å². The van der Waals surface area contributed by atoms with E-state index in [1.54, 1.807) is 0 Å². The van der Waals surface area contributed by atoms with Crippen LogP contribution in [0.25, 0.3) is 0 Å². The van der Waals surface area contributed by atoms with Gasteiger partial charge in [-0.3, -0.25) is 9.59 Å². The number of amides is 1. The van der Waals surface area contributed by atoms with E-state index in [2.05, 4.69) is 54.1 Å². The van der Waals surface area contributed by atoms with Crippen molar-refractivity contribution in [1.82, 2.24) is 5.32 Å². The number of carbonyl (C=O) groups is 2. The number of hydrogen-bond donors (Lipinski definition) is 3. The molecule has 0 aromatic heterocycles. The number of fused-ring (bicyclic) bond motifs is 2. The second kappa shape index (κ2) is 18.2. The van der Waals surface area contributed by atoms with E-state index in [4.69, 9.17) is 28.5 Å². The van der Waals surface area contributed by atoms with E-state index >= 15 is 0 Å². The molecule has 9 nitrogen and oxygen atoms in total. The molecule has 0 bridgehead atoms. The molecule has 1 aliphatic carbocycles. The van der Waals surface area contributed by atoms with Crippen LogP contribution in [-0.2, 0) is 47.6 Å². The maximum absolute atomic E-state index is 13.4. The van der Waals surface area contributed by atoms with Crippen molar-refractivity contribution in [3.63, 3.8) is 0 Å². The highest BCUT2D eigenvalue weighted by molar-refractivity contribution is 7.57. The molecule has 1 amide bonds. The molecule has 0 radical (unpaired) electrons. The van der Waals surface area contributed by atoms with Gasteiger partial charge in [0.05, 0.1) is 46.2 Å². The summed E-state index contributed by atoms with van der Waals surface area (Å²) in [4.78, 5) is 43.5. The number of carbonyl (C=O) groups excluding carboxylic acids is 2. The molecule has 0 aliphatic heterocycles. The van der Waals surface area contributed by atoms with E-state index in [1.165, 1.54) is 16.7 Å². The molecule has 3 N–H and O–H groups in total. The molecular formula is C31H44NO8P. The van der Waals surface area contributed by atoms with Crippen molar-refractivity contribution in [3.8, 4) is 0 Å². The Labute approximate surface area is 243 Å². The van der Waals surface area contributed by atoms with Gasteiger partial charge in [-0.05, 0) is 60.7 Å². The average Bonchev–Trinajstić information content (AvgIpc) is 2.94. The standard InChI is InChI=1S/C31H44NO8P/c1-41(35,36)40-23-22-39-21-20-38-19-18-37-17-16-32-31(34)13-7-6-12-30(33)29-24-27-10-3-2-8-25(27)14-15-26-9-4-5-11-28(26)29/h2-5,8-11,29,35-36H,1,6-7,12-24H2,(H,32,34). The lowest BCUT2D eigenvalue weighted by Gasteiger charge is -2.24. The van der Waals surface area contributed by atoms with Crippen LogP contribution in [0.4, 0.5) is 0 Å². The zero-order valence-corrected chi connectivity index (χ0v) is 24.7. The molecule has 1 atom stereocenters. The summed E-state index contributed by atoms with van der Waals surface area (Å²) in [6, 6.07) is 16.8. The fourth-order valence-corrected chi connectivity index (χ4v) is 5.25. The SMILES string of the molecule is C=P(O)(O)OCCOCCOCCOCCNC(=O)CCCCC(=O)C1Cc2ccccc2CCc2ccccc21. The Morgan fingerprint density at radius 3 is 2.05 bits per heavy atom. The van der Waals surface area contributed by atoms with E-state index in [0.717, 1.165) is 24.8 Å². The molecule has 0 saturated carbocycles. The first-order chi connectivity index (χ1) is 19.8. The van der Waals surface area contributed by atoms with Crippen molar-refractivity contribution >= 4 is 25.6 Å². The molecule has 41 heavy (non-hydrogen) atoms. The van der Waals surface area contributed by atoms with Crippen LogP contribution in [-0.4, -0.2) is 80.6 Å². The predicted molar refractivity (Wildman–Crippen MR) is 160 cm³/mol. The Kier molecular flexibility index (Phi) is 14.7. The van der Waals surface area contributed by atoms with Gasteiger partial charge in [-0.1, -0.05) is 48.5 Å². The zero-order valence-electron chi connectivity index (χ0n) is 23.8. The molecule has 226 valence electrons. The maximum Gasteiger partial charge on any atom is 0.245 e. The second-order valence-corrected chi connectivity index (χ2v) is 11.7. The van der Waals surface area contributed by atoms with Gasteiger partial charge in [0.25, 0.3) is 0 Å². The quantitative estimate of drug-likeness (QED) is 0.168. The summed E-state index contributed by atoms with van der Waals surface area (Å²) in [5, 5.41) is 2.86. The Hall–Kier alpha value is -2.36. The van der Waals surface area contributed by atoms with Crippen molar-refractivity contribution in [3.05, 3.63) is 70.8 Å². The van der Waals surface area contributed by atoms with Crippen LogP contribution in [0.15, 0.2) is 48.5 Å². The summed E-state index contributed by atoms with van der Waals surface area (Å²) < 4.78 is 20.8. The fraction of sp³-hybridized carbons (Fsp3) is 0.516. The average molecular weight is 590 g/mol. The molecule has 3 rings (SSSR count). The molecular weight excluding hydrogens is 545 g/mol. The molecule has 1 unspecified atom stereocenters. The minimum absolute atomic E-state index is 0.0377. The summed E-state index contributed by atoms with van der Waals surface area (Å²) in [5.41, 5.74) is 5.01. The minimum atomic E-state index is -3.45. The first-order valence-corrected chi connectivity index (χ1v) is 16.1. The van der Waals surface area contributed by atoms with Crippen LogP contribution in [0.3, 0.4) is 0 Å². The number of aryl methyl sites for hydroxylation is 2. The molecule has 1 aliphatic rings. The van der Waals surface area contributed by atoms with Crippen LogP contribution in [0.1, 0.15) is 53.9 Å². The molecule has 10 heteroatoms. The van der Waals surface area contributed by atoms with E-state index in [0.29, 0.717) is 65.3 Å². The highest BCUT2D eigenvalue weighted by atomic mass is 31.2. The van der Waals surface area contributed by atoms with Gasteiger partial charge < -0.3 is 33.8 Å². The predicted octanol–water partition coefficient (Wildman–Crippen LogP) is 3.60. The van der Waals surface area contributed by atoms with Crippen molar-refractivity contribution < 1.29 is 38.1 Å². The summed E-state index contributed by atoms with van der Waals surface area (Å²) in [5.74, 6) is 0.0731. The topological polar surface area (TPSA) is 124 Å². The maximum atomic E-state index is 13.4. The first-order valence-electron chi connectivity index (χ1n) is 14.3. The number of unbranched alkanes of at least 4 members (excludes halogenated alkanes) is 1.